The van der Waals surface area contributed by atoms with E-state index in [4.69, 9.17) is 33.3 Å². The zero-order valence-corrected chi connectivity index (χ0v) is 45.6. The topological polar surface area (TPSA) is 331 Å². The molecule has 0 spiro atoms. The Bertz CT molecular complexity index is 3030. The van der Waals surface area contributed by atoms with Gasteiger partial charge in [0.25, 0.3) is 21.9 Å². The molecule has 77 heavy (non-hydrogen) atoms. The van der Waals surface area contributed by atoms with Gasteiger partial charge < -0.3 is 52.4 Å². The number of hydrogen-bond donors (Lipinski definition) is 2. The van der Waals surface area contributed by atoms with E-state index in [0.717, 1.165) is 12.1 Å². The first-order valence-corrected chi connectivity index (χ1v) is 29.2. The number of carbonyl (C=O) groups is 4. The Morgan fingerprint density at radius 1 is 0.727 bits per heavy atom. The number of imide groups is 1. The molecule has 2 amide bonds. The number of ketones is 1. The maximum Gasteiger partial charge on any atom is 0.333 e. The molecule has 6 rings (SSSR count). The van der Waals surface area contributed by atoms with Gasteiger partial charge in [0.1, 0.15) is 32.5 Å². The second kappa shape index (κ2) is 26.1. The third-order valence-corrected chi connectivity index (χ3v) is 16.0. The lowest BCUT2D eigenvalue weighted by Crippen LogP contribution is -2.35. The van der Waals surface area contributed by atoms with Crippen LogP contribution in [0.15, 0.2) is 80.9 Å². The van der Waals surface area contributed by atoms with Gasteiger partial charge in [-0.2, -0.15) is 13.0 Å². The standard InChI is InChI=1S/C50H65N3O21S3/c1-5-51-40-11-9-34(76(62,63)64)30-38(40)49(2,15-7-29-75(59,60)61)42(51)32-36-47(57)37(48(36)58)33-43-50(3,16-18-69-21-22-71-25-26-73-28-27-72-24-23-70-20-19-68-4)39-31-35(77(65,66)67)10-12-41(39)52(43)17-6-8-46(56)74-53-44(54)13-14-45(53)55/h9-12,30-33H,5-8,13-29H2,1-4H3,(H3-,57,58,59,60,61,62,63,64,65,66,67)/p-1. The highest BCUT2D eigenvalue weighted by Crippen LogP contribution is 2.52. The van der Waals surface area contributed by atoms with Crippen molar-refractivity contribution in [3.8, 4) is 0 Å². The zero-order chi connectivity index (χ0) is 56.3. The van der Waals surface area contributed by atoms with Gasteiger partial charge in [0, 0.05) is 74.0 Å². The summed E-state index contributed by atoms with van der Waals surface area (Å²) in [7, 11) is -12.8. The van der Waals surface area contributed by atoms with E-state index in [1.54, 1.807) is 37.4 Å². The van der Waals surface area contributed by atoms with Gasteiger partial charge in [-0.3, -0.25) is 18.9 Å². The van der Waals surface area contributed by atoms with E-state index in [-0.39, 0.29) is 102 Å². The molecule has 2 atom stereocenters. The lowest BCUT2D eigenvalue weighted by atomic mass is 9.74. The number of methoxy groups -OCH3 is 1. The van der Waals surface area contributed by atoms with E-state index >= 15 is 0 Å². The highest BCUT2D eigenvalue weighted by molar-refractivity contribution is 7.86. The molecule has 24 nitrogen and oxygen atoms in total. The minimum absolute atomic E-state index is 0.0136. The van der Waals surface area contributed by atoms with Crippen LogP contribution in [0.1, 0.15) is 76.8 Å². The molecule has 1 fully saturated rings. The van der Waals surface area contributed by atoms with Crippen molar-refractivity contribution in [3.05, 3.63) is 82.3 Å². The van der Waals surface area contributed by atoms with Crippen LogP contribution in [-0.4, -0.2) is 182 Å². The predicted octanol–water partition coefficient (Wildman–Crippen LogP) is 3.03. The number of nitrogens with zero attached hydrogens (tertiary/aromatic N) is 3. The third kappa shape index (κ3) is 14.9. The number of amides is 2. The van der Waals surface area contributed by atoms with Crippen LogP contribution in [0.3, 0.4) is 0 Å². The van der Waals surface area contributed by atoms with E-state index in [2.05, 4.69) is 0 Å². The van der Waals surface area contributed by atoms with Crippen molar-refractivity contribution in [1.29, 1.82) is 0 Å². The fraction of sp³-hybridized carbons (Fsp3) is 0.540. The summed E-state index contributed by atoms with van der Waals surface area (Å²) in [5.74, 6) is -4.05. The van der Waals surface area contributed by atoms with Crippen molar-refractivity contribution in [2.75, 3.05) is 104 Å². The number of aliphatic hydroxyl groups excluding tert-OH is 1. The molecule has 3 heterocycles. The highest BCUT2D eigenvalue weighted by atomic mass is 32.2. The molecule has 27 heteroatoms. The monoisotopic (exact) mass is 1140 g/mol. The fourth-order valence-corrected chi connectivity index (χ4v) is 11.1. The largest absolute Gasteiger partial charge is 0.744 e. The molecule has 1 aliphatic carbocycles. The van der Waals surface area contributed by atoms with Gasteiger partial charge in [-0.1, -0.05) is 0 Å². The Balaban J connectivity index is 1.29. The number of aliphatic hydroxyl groups is 1. The first-order chi connectivity index (χ1) is 36.4. The highest BCUT2D eigenvalue weighted by Gasteiger charge is 2.50. The van der Waals surface area contributed by atoms with Crippen LogP contribution in [0.2, 0.25) is 0 Å². The SMILES string of the molecule is CCN1C(=CC2=C(O)C(=CC3=[N+](CCCC(=O)ON4C(=O)CCC4=O)c4ccc(S(=O)(=O)[O-])cc4C3(C)CCOCCOCCOCCOCCOCCOC)C2=O)C(C)(CCCS(=O)(=O)O)c2cc(S(=O)(=O)[O-])ccc21. The van der Waals surface area contributed by atoms with Crippen LogP contribution >= 0.6 is 0 Å². The van der Waals surface area contributed by atoms with Crippen molar-refractivity contribution in [2.45, 2.75) is 86.3 Å². The number of allylic oxidation sites excluding steroid dienone is 5. The number of hydrogen-bond acceptors (Lipinski definition) is 21. The lowest BCUT2D eigenvalue weighted by molar-refractivity contribution is -0.438. The first kappa shape index (κ1) is 60.9. The van der Waals surface area contributed by atoms with Gasteiger partial charge in [0.2, 0.25) is 11.5 Å². The smallest absolute Gasteiger partial charge is 0.333 e. The molecule has 424 valence electrons. The normalized spacial score (nSPS) is 20.8. The van der Waals surface area contributed by atoms with Crippen molar-refractivity contribution < 1.29 is 101 Å². The molecule has 1 saturated heterocycles. The van der Waals surface area contributed by atoms with Gasteiger partial charge in [0.15, 0.2) is 5.71 Å². The summed E-state index contributed by atoms with van der Waals surface area (Å²) in [4.78, 5) is 57.4. The number of likely N-dealkylation sites (N-methyl/N-ethyl adjacent to an activating group) is 1. The molecule has 0 aromatic heterocycles. The minimum atomic E-state index is -5.01. The van der Waals surface area contributed by atoms with Crippen LogP contribution < -0.4 is 4.90 Å². The second-order valence-corrected chi connectivity index (χ2v) is 23.1. The van der Waals surface area contributed by atoms with E-state index < -0.39 is 86.1 Å². The van der Waals surface area contributed by atoms with E-state index in [9.17, 15) is 63.2 Å². The summed E-state index contributed by atoms with van der Waals surface area (Å²) in [5, 5.41) is 12.3. The summed E-state index contributed by atoms with van der Waals surface area (Å²) in [5.41, 5.74) is -0.769. The zero-order valence-electron chi connectivity index (χ0n) is 43.2. The Morgan fingerprint density at radius 3 is 1.78 bits per heavy atom. The molecule has 2 aromatic rings. The van der Waals surface area contributed by atoms with Gasteiger partial charge in [-0.25, -0.2) is 21.6 Å². The predicted molar refractivity (Wildman–Crippen MR) is 270 cm³/mol. The Labute approximate surface area is 447 Å². The maximum absolute atomic E-state index is 14.5. The average molecular weight is 1140 g/mol. The summed E-state index contributed by atoms with van der Waals surface area (Å²) in [6.45, 7) is 8.74. The number of hydroxylamine groups is 2. The number of benzene rings is 2. The second-order valence-electron chi connectivity index (χ2n) is 18.7. The minimum Gasteiger partial charge on any atom is -0.744 e. The van der Waals surface area contributed by atoms with E-state index in [1.165, 1.54) is 36.4 Å². The van der Waals surface area contributed by atoms with Gasteiger partial charge in [-0.15, -0.1) is 5.06 Å². The summed E-state index contributed by atoms with van der Waals surface area (Å²) >= 11 is 0. The van der Waals surface area contributed by atoms with Gasteiger partial charge in [-0.05, 0) is 82.0 Å². The Hall–Kier alpha value is -5.30. The molecular formula is C50H64N3O21S3-. The Morgan fingerprint density at radius 2 is 1.26 bits per heavy atom. The quantitative estimate of drug-likeness (QED) is 0.0349. The fourth-order valence-electron chi connectivity index (χ4n) is 9.59. The van der Waals surface area contributed by atoms with Crippen molar-refractivity contribution in [1.82, 2.24) is 5.06 Å². The number of carbonyl (C=O) groups excluding carboxylic acids is 4. The molecule has 2 aromatic carbocycles. The van der Waals surface area contributed by atoms with Crippen LogP contribution in [0.25, 0.3) is 0 Å². The molecule has 0 bridgehead atoms. The first-order valence-electron chi connectivity index (χ1n) is 24.8. The molecule has 4 aliphatic rings. The summed E-state index contributed by atoms with van der Waals surface area (Å²) in [6.07, 6.45) is 2.22. The van der Waals surface area contributed by atoms with Crippen molar-refractivity contribution in [2.24, 2.45) is 0 Å². The molecule has 2 N–H and O–H groups in total. The third-order valence-electron chi connectivity index (χ3n) is 13.6. The summed E-state index contributed by atoms with van der Waals surface area (Å²) in [6, 6.07) is 7.48. The number of fused-ring (bicyclic) bond motifs is 2. The summed E-state index contributed by atoms with van der Waals surface area (Å²) < 4.78 is 142. The number of rotatable bonds is 32. The molecule has 0 saturated carbocycles. The number of anilines is 1. The van der Waals surface area contributed by atoms with Crippen molar-refractivity contribution in [3.63, 3.8) is 0 Å². The van der Waals surface area contributed by atoms with Crippen LogP contribution in [0.5, 0.6) is 0 Å². The number of Topliss-reactive ketones (excluding diaryl/α,β-unsaturated/α-hetero) is 1. The molecular weight excluding hydrogens is 1070 g/mol. The number of ether oxygens (including phenoxy) is 6. The van der Waals surface area contributed by atoms with Gasteiger partial charge in [0.05, 0.1) is 105 Å². The van der Waals surface area contributed by atoms with E-state index in [0.29, 0.717) is 78.6 Å². The van der Waals surface area contributed by atoms with Gasteiger partial charge >= 0.3 is 5.97 Å². The molecule has 2 unspecified atom stereocenters. The Kier molecular flexibility index (Phi) is 20.7. The van der Waals surface area contributed by atoms with E-state index in [1.807, 2.05) is 0 Å². The average Bonchev–Trinajstić information content (AvgIpc) is 4.13. The molecule has 0 radical (unpaired) electrons. The maximum atomic E-state index is 14.5. The van der Waals surface area contributed by atoms with Crippen LogP contribution in [0.4, 0.5) is 11.4 Å². The molecule has 3 aliphatic heterocycles. The lowest BCUT2D eigenvalue weighted by Gasteiger charge is -2.31. The van der Waals surface area contributed by atoms with Crippen molar-refractivity contribution >= 4 is 71.0 Å². The van der Waals surface area contributed by atoms with Crippen LogP contribution in [0, 0.1) is 0 Å². The van der Waals surface area contributed by atoms with Crippen LogP contribution in [-0.2, 0) is 93.6 Å².